The molecular formula is C41H46N8O6S. The van der Waals surface area contributed by atoms with Gasteiger partial charge >= 0.3 is 0 Å². The van der Waals surface area contributed by atoms with Crippen LogP contribution in [0, 0.1) is 0 Å². The summed E-state index contributed by atoms with van der Waals surface area (Å²) in [5.41, 5.74) is 12.8. The Morgan fingerprint density at radius 3 is 2.02 bits per heavy atom. The zero-order chi connectivity index (χ0) is 39.3. The fourth-order valence-corrected chi connectivity index (χ4v) is 8.29. The third kappa shape index (κ3) is 8.45. The number of nitrogens with one attached hydrogen (secondary N) is 6. The monoisotopic (exact) mass is 778 g/mol. The third-order valence-electron chi connectivity index (χ3n) is 10.7. The SMILES string of the molecule is NC(=O)C1(NC(=O)[C@H](Cc2ccccc2)NC(=O)[C@@H](Cc2c[nH]c3ccccc23)NC(=O)[C@@H](Cc2csc3ccccc23)NC(=O)C2(N)COC2)CCNCC1. The maximum Gasteiger partial charge on any atom is 0.245 e. The Hall–Kier alpha value is -5.61. The van der Waals surface area contributed by atoms with Gasteiger partial charge < -0.3 is 47.8 Å². The summed E-state index contributed by atoms with van der Waals surface area (Å²) < 4.78 is 6.24. The molecule has 292 valence electrons. The summed E-state index contributed by atoms with van der Waals surface area (Å²) in [6.07, 6.45) is 2.65. The fraction of sp³-hybridized carbons (Fsp3) is 0.341. The largest absolute Gasteiger partial charge is 0.376 e. The van der Waals surface area contributed by atoms with Crippen LogP contribution in [0.25, 0.3) is 21.0 Å². The average molecular weight is 779 g/mol. The van der Waals surface area contributed by atoms with E-state index in [0.717, 1.165) is 37.7 Å². The van der Waals surface area contributed by atoms with Crippen molar-refractivity contribution in [2.24, 2.45) is 11.5 Å². The number of amides is 5. The second-order valence-electron chi connectivity index (χ2n) is 14.7. The molecule has 14 nitrogen and oxygen atoms in total. The second kappa shape index (κ2) is 16.6. The lowest BCUT2D eigenvalue weighted by Crippen LogP contribution is -2.69. The molecule has 0 spiro atoms. The molecule has 7 rings (SSSR count). The molecule has 15 heteroatoms. The van der Waals surface area contributed by atoms with Crippen molar-refractivity contribution in [3.8, 4) is 0 Å². The molecule has 3 aromatic carbocycles. The van der Waals surface area contributed by atoms with Crippen LogP contribution in [0.1, 0.15) is 29.5 Å². The van der Waals surface area contributed by atoms with Crippen molar-refractivity contribution >= 4 is 61.9 Å². The van der Waals surface area contributed by atoms with Crippen LogP contribution in [0.3, 0.4) is 0 Å². The number of H-pyrrole nitrogens is 1. The van der Waals surface area contributed by atoms with E-state index in [-0.39, 0.29) is 32.5 Å². The number of hydrogen-bond donors (Lipinski definition) is 8. The molecule has 0 saturated carbocycles. The van der Waals surface area contributed by atoms with Gasteiger partial charge in [0.2, 0.25) is 29.5 Å². The normalized spacial score (nSPS) is 17.5. The molecule has 5 amide bonds. The van der Waals surface area contributed by atoms with E-state index in [1.807, 2.05) is 84.2 Å². The zero-order valence-corrected chi connectivity index (χ0v) is 31.6. The minimum Gasteiger partial charge on any atom is -0.376 e. The van der Waals surface area contributed by atoms with Crippen LogP contribution in [0.2, 0.25) is 0 Å². The number of benzene rings is 3. The zero-order valence-electron chi connectivity index (χ0n) is 30.8. The molecule has 0 unspecified atom stereocenters. The molecule has 4 heterocycles. The van der Waals surface area contributed by atoms with Gasteiger partial charge in [-0.2, -0.15) is 0 Å². The third-order valence-corrected chi connectivity index (χ3v) is 11.7. The van der Waals surface area contributed by atoms with E-state index in [1.165, 1.54) is 11.3 Å². The summed E-state index contributed by atoms with van der Waals surface area (Å²) in [4.78, 5) is 72.6. The Kier molecular flexibility index (Phi) is 11.5. The van der Waals surface area contributed by atoms with Crippen molar-refractivity contribution in [3.63, 3.8) is 0 Å². The van der Waals surface area contributed by atoms with E-state index in [1.54, 1.807) is 6.20 Å². The van der Waals surface area contributed by atoms with Gasteiger partial charge in [-0.25, -0.2) is 0 Å². The highest BCUT2D eigenvalue weighted by Gasteiger charge is 2.44. The van der Waals surface area contributed by atoms with E-state index in [4.69, 9.17) is 16.2 Å². The maximum atomic E-state index is 14.6. The van der Waals surface area contributed by atoms with Crippen LogP contribution >= 0.6 is 11.3 Å². The van der Waals surface area contributed by atoms with Gasteiger partial charge in [0.05, 0.1) is 13.2 Å². The number of primary amides is 1. The Morgan fingerprint density at radius 2 is 1.34 bits per heavy atom. The molecule has 3 atom stereocenters. The van der Waals surface area contributed by atoms with Crippen molar-refractivity contribution in [2.75, 3.05) is 26.3 Å². The number of fused-ring (bicyclic) bond motifs is 2. The van der Waals surface area contributed by atoms with Gasteiger partial charge in [0.25, 0.3) is 0 Å². The Labute approximate surface area is 327 Å². The predicted molar refractivity (Wildman–Crippen MR) is 213 cm³/mol. The van der Waals surface area contributed by atoms with E-state index >= 15 is 0 Å². The average Bonchev–Trinajstić information content (AvgIpc) is 3.80. The lowest BCUT2D eigenvalue weighted by Gasteiger charge is -2.37. The second-order valence-corrected chi connectivity index (χ2v) is 15.6. The first-order valence-electron chi connectivity index (χ1n) is 18.7. The topological polar surface area (TPSA) is 223 Å². The highest BCUT2D eigenvalue weighted by molar-refractivity contribution is 7.17. The molecule has 0 aliphatic carbocycles. The van der Waals surface area contributed by atoms with Crippen molar-refractivity contribution < 1.29 is 28.7 Å². The standard InChI is InChI=1S/C41H46N8O6S/c42-38(53)41(14-16-44-17-15-41)49-37(52)31(18-25-8-2-1-3-9-25)46-35(50)32(19-26-21-45-30-12-6-4-10-28(26)30)47-36(51)33(48-39(54)40(43)23-55-24-40)20-27-22-56-34-13-7-5-11-29(27)34/h1-13,21-22,31-33,44-45H,14-20,23-24,43H2,(H2,42,53)(H,46,50)(H,47,51)(H,48,54)(H,49,52)/t31-,32+,33+/m0/s1. The number of aromatic amines is 1. The number of para-hydroxylation sites is 1. The predicted octanol–water partition coefficient (Wildman–Crippen LogP) is 1.32. The first-order valence-corrected chi connectivity index (χ1v) is 19.6. The number of thiophene rings is 1. The quantitative estimate of drug-likeness (QED) is 0.0773. The molecule has 2 aliphatic rings. The summed E-state index contributed by atoms with van der Waals surface area (Å²) in [5, 5.41) is 18.5. The maximum absolute atomic E-state index is 14.6. The first kappa shape index (κ1) is 38.7. The van der Waals surface area contributed by atoms with Crippen LogP contribution in [-0.4, -0.2) is 90.0 Å². The number of nitrogens with two attached hydrogens (primary N) is 2. The first-order chi connectivity index (χ1) is 27.0. The van der Waals surface area contributed by atoms with E-state index in [0.29, 0.717) is 25.9 Å². The molecular weight excluding hydrogens is 733 g/mol. The van der Waals surface area contributed by atoms with Gasteiger partial charge in [-0.1, -0.05) is 66.7 Å². The molecule has 56 heavy (non-hydrogen) atoms. The number of piperidine rings is 1. The molecule has 2 saturated heterocycles. The van der Waals surface area contributed by atoms with Crippen LogP contribution in [0.5, 0.6) is 0 Å². The lowest BCUT2D eigenvalue weighted by atomic mass is 9.87. The van der Waals surface area contributed by atoms with Crippen molar-refractivity contribution in [1.29, 1.82) is 0 Å². The van der Waals surface area contributed by atoms with Crippen LogP contribution < -0.4 is 38.1 Å². The number of hydrogen-bond acceptors (Lipinski definition) is 9. The molecule has 10 N–H and O–H groups in total. The summed E-state index contributed by atoms with van der Waals surface area (Å²) in [6, 6.07) is 21.1. The van der Waals surface area contributed by atoms with Gasteiger partial charge in [-0.3, -0.25) is 24.0 Å². The van der Waals surface area contributed by atoms with Gasteiger partial charge in [0, 0.05) is 41.1 Å². The smallest absolute Gasteiger partial charge is 0.245 e. The van der Waals surface area contributed by atoms with Crippen molar-refractivity contribution in [1.82, 2.24) is 31.6 Å². The molecule has 0 bridgehead atoms. The minimum atomic E-state index is -1.29. The summed E-state index contributed by atoms with van der Waals surface area (Å²) in [7, 11) is 0. The summed E-state index contributed by atoms with van der Waals surface area (Å²) >= 11 is 1.53. The van der Waals surface area contributed by atoms with Crippen LogP contribution in [0.15, 0.2) is 90.4 Å². The minimum absolute atomic E-state index is 0.0125. The van der Waals surface area contributed by atoms with Crippen LogP contribution in [-0.2, 0) is 48.0 Å². The Morgan fingerprint density at radius 1 is 0.732 bits per heavy atom. The molecule has 2 aliphatic heterocycles. The molecule has 5 aromatic rings. The highest BCUT2D eigenvalue weighted by atomic mass is 32.1. The molecule has 0 radical (unpaired) electrons. The molecule has 2 aromatic heterocycles. The number of aromatic nitrogens is 1. The summed E-state index contributed by atoms with van der Waals surface area (Å²) in [6.45, 7) is 0.987. The van der Waals surface area contributed by atoms with Crippen LogP contribution in [0.4, 0.5) is 0 Å². The van der Waals surface area contributed by atoms with Gasteiger partial charge in [0.15, 0.2) is 0 Å². The highest BCUT2D eigenvalue weighted by Crippen LogP contribution is 2.27. The van der Waals surface area contributed by atoms with E-state index < -0.39 is 58.7 Å². The summed E-state index contributed by atoms with van der Waals surface area (Å²) in [5.74, 6) is -3.01. The Bertz CT molecular complexity index is 2230. The van der Waals surface area contributed by atoms with Gasteiger partial charge in [-0.05, 0) is 65.5 Å². The van der Waals surface area contributed by atoms with Crippen molar-refractivity contribution in [2.45, 2.75) is 61.3 Å². The number of carbonyl (C=O) groups excluding carboxylic acids is 5. The lowest BCUT2D eigenvalue weighted by molar-refractivity contribution is -0.146. The Balaban J connectivity index is 1.19. The van der Waals surface area contributed by atoms with E-state index in [9.17, 15) is 24.0 Å². The van der Waals surface area contributed by atoms with E-state index in [2.05, 4.69) is 31.6 Å². The van der Waals surface area contributed by atoms with Gasteiger partial charge in [-0.15, -0.1) is 11.3 Å². The van der Waals surface area contributed by atoms with Gasteiger partial charge in [0.1, 0.15) is 29.2 Å². The molecule has 2 fully saturated rings. The van der Waals surface area contributed by atoms with Crippen molar-refractivity contribution in [3.05, 3.63) is 107 Å². The number of carbonyl (C=O) groups is 5. The fourth-order valence-electron chi connectivity index (χ4n) is 7.32. The number of rotatable bonds is 15. The number of ether oxygens (including phenoxy) is 1.